The molecule has 0 aliphatic heterocycles. The summed E-state index contributed by atoms with van der Waals surface area (Å²) >= 11 is 0. The third-order valence-electron chi connectivity index (χ3n) is 3.29. The van der Waals surface area contributed by atoms with E-state index in [1.165, 1.54) is 18.4 Å². The summed E-state index contributed by atoms with van der Waals surface area (Å²) in [5.74, 6) is 0.481. The van der Waals surface area contributed by atoms with Crippen molar-refractivity contribution in [3.63, 3.8) is 0 Å². The lowest BCUT2D eigenvalue weighted by molar-refractivity contribution is 0.0330. The van der Waals surface area contributed by atoms with E-state index in [1.54, 1.807) is 0 Å². The third-order valence-corrected chi connectivity index (χ3v) is 3.29. The predicted octanol–water partition coefficient (Wildman–Crippen LogP) is 2.87. The van der Waals surface area contributed by atoms with Crippen molar-refractivity contribution in [2.45, 2.75) is 38.7 Å². The highest BCUT2D eigenvalue weighted by Gasteiger charge is 2.41. The van der Waals surface area contributed by atoms with Gasteiger partial charge in [0.2, 0.25) is 0 Å². The summed E-state index contributed by atoms with van der Waals surface area (Å²) in [5, 5.41) is 10.3. The summed E-state index contributed by atoms with van der Waals surface area (Å²) in [6.07, 6.45) is 3.38. The van der Waals surface area contributed by atoms with E-state index in [2.05, 4.69) is 19.1 Å². The fourth-order valence-corrected chi connectivity index (χ4v) is 1.99. The first-order valence-electron chi connectivity index (χ1n) is 5.46. The lowest BCUT2D eigenvalue weighted by atomic mass is 9.89. The molecule has 2 rings (SSSR count). The van der Waals surface area contributed by atoms with Gasteiger partial charge in [-0.3, -0.25) is 0 Å². The second-order valence-corrected chi connectivity index (χ2v) is 4.48. The van der Waals surface area contributed by atoms with Crippen molar-refractivity contribution in [1.29, 1.82) is 0 Å². The highest BCUT2D eigenvalue weighted by Crippen LogP contribution is 2.45. The molecule has 1 aliphatic carbocycles. The van der Waals surface area contributed by atoms with Crippen LogP contribution in [0, 0.1) is 5.92 Å². The topological polar surface area (TPSA) is 20.2 Å². The highest BCUT2D eigenvalue weighted by molar-refractivity contribution is 5.29. The summed E-state index contributed by atoms with van der Waals surface area (Å²) in [5.41, 5.74) is 1.79. The molecule has 1 aliphatic rings. The van der Waals surface area contributed by atoms with Crippen LogP contribution in [0.4, 0.5) is 0 Å². The zero-order valence-corrected chi connectivity index (χ0v) is 8.96. The average Bonchev–Trinajstić information content (AvgIpc) is 3.01. The molecule has 1 N–H and O–H groups in total. The summed E-state index contributed by atoms with van der Waals surface area (Å²) in [7, 11) is 0. The quantitative estimate of drug-likeness (QED) is 0.777. The van der Waals surface area contributed by atoms with Crippen LogP contribution in [0.1, 0.15) is 37.8 Å². The molecule has 1 aromatic carbocycles. The maximum Gasteiger partial charge on any atom is 0.0896 e. The molecular formula is C13H18O. The van der Waals surface area contributed by atoms with E-state index >= 15 is 0 Å². The number of benzene rings is 1. The Hall–Kier alpha value is -0.820. The smallest absolute Gasteiger partial charge is 0.0896 e. The molecule has 0 unspecified atom stereocenters. The minimum atomic E-state index is -0.606. The number of rotatable bonds is 3. The lowest BCUT2D eigenvalue weighted by Crippen LogP contribution is -2.23. The van der Waals surface area contributed by atoms with Gasteiger partial charge >= 0.3 is 0 Å². The van der Waals surface area contributed by atoms with Crippen LogP contribution in [0.5, 0.6) is 0 Å². The molecule has 0 aromatic heterocycles. The number of hydrogen-bond acceptors (Lipinski definition) is 1. The Morgan fingerprint density at radius 1 is 1.43 bits per heavy atom. The molecule has 1 atom stereocenters. The van der Waals surface area contributed by atoms with E-state index in [0.717, 1.165) is 12.0 Å². The standard InChI is InChI=1S/C13H18O/c1-3-10-5-4-6-12(9-10)13(2,14)11-7-8-11/h4-6,9,11,14H,3,7-8H2,1-2H3/t13-/m0/s1. The Bertz CT molecular complexity index is 324. The van der Waals surface area contributed by atoms with Gasteiger partial charge in [-0.05, 0) is 43.2 Å². The van der Waals surface area contributed by atoms with Gasteiger partial charge in [0.25, 0.3) is 0 Å². The van der Waals surface area contributed by atoms with Crippen LogP contribution in [0.15, 0.2) is 24.3 Å². The molecule has 1 saturated carbocycles. The molecule has 0 heterocycles. The van der Waals surface area contributed by atoms with Crippen LogP contribution < -0.4 is 0 Å². The zero-order chi connectivity index (χ0) is 10.2. The van der Waals surface area contributed by atoms with Crippen LogP contribution in [0.2, 0.25) is 0 Å². The minimum absolute atomic E-state index is 0.481. The highest BCUT2D eigenvalue weighted by atomic mass is 16.3. The van der Waals surface area contributed by atoms with Gasteiger partial charge in [0, 0.05) is 0 Å². The molecule has 0 amide bonds. The third kappa shape index (κ3) is 1.69. The number of aliphatic hydroxyl groups is 1. The maximum atomic E-state index is 10.3. The first-order chi connectivity index (χ1) is 6.64. The van der Waals surface area contributed by atoms with E-state index in [0.29, 0.717) is 5.92 Å². The Morgan fingerprint density at radius 3 is 2.71 bits per heavy atom. The second kappa shape index (κ2) is 3.39. The van der Waals surface area contributed by atoms with Crippen molar-refractivity contribution in [3.8, 4) is 0 Å². The molecule has 0 radical (unpaired) electrons. The Labute approximate surface area is 85.8 Å². The van der Waals surface area contributed by atoms with Crippen molar-refractivity contribution in [2.24, 2.45) is 5.92 Å². The molecule has 0 bridgehead atoms. The average molecular weight is 190 g/mol. The Morgan fingerprint density at radius 2 is 2.14 bits per heavy atom. The number of hydrogen-bond donors (Lipinski definition) is 1. The van der Waals surface area contributed by atoms with Gasteiger partial charge in [-0.1, -0.05) is 31.2 Å². The molecule has 0 spiro atoms. The fraction of sp³-hybridized carbons (Fsp3) is 0.538. The van der Waals surface area contributed by atoms with Gasteiger partial charge in [-0.15, -0.1) is 0 Å². The maximum absolute atomic E-state index is 10.3. The molecule has 1 nitrogen and oxygen atoms in total. The monoisotopic (exact) mass is 190 g/mol. The van der Waals surface area contributed by atoms with Crippen LogP contribution in [-0.4, -0.2) is 5.11 Å². The van der Waals surface area contributed by atoms with Crippen molar-refractivity contribution < 1.29 is 5.11 Å². The van der Waals surface area contributed by atoms with Crippen LogP contribution in [0.3, 0.4) is 0 Å². The van der Waals surface area contributed by atoms with E-state index < -0.39 is 5.60 Å². The Kier molecular flexibility index (Phi) is 2.36. The largest absolute Gasteiger partial charge is 0.385 e. The van der Waals surface area contributed by atoms with Gasteiger partial charge in [0.15, 0.2) is 0 Å². The van der Waals surface area contributed by atoms with Crippen molar-refractivity contribution in [1.82, 2.24) is 0 Å². The predicted molar refractivity (Wildman–Crippen MR) is 58.1 cm³/mol. The van der Waals surface area contributed by atoms with E-state index in [4.69, 9.17) is 0 Å². The van der Waals surface area contributed by atoms with E-state index in [1.807, 2.05) is 19.1 Å². The molecule has 1 fully saturated rings. The minimum Gasteiger partial charge on any atom is -0.385 e. The van der Waals surface area contributed by atoms with Gasteiger partial charge in [0.05, 0.1) is 5.60 Å². The van der Waals surface area contributed by atoms with Crippen LogP contribution in [-0.2, 0) is 12.0 Å². The van der Waals surface area contributed by atoms with Gasteiger partial charge in [-0.25, -0.2) is 0 Å². The van der Waals surface area contributed by atoms with Crippen molar-refractivity contribution in [2.75, 3.05) is 0 Å². The SMILES string of the molecule is CCc1cccc([C@@](C)(O)C2CC2)c1. The fourth-order valence-electron chi connectivity index (χ4n) is 1.99. The summed E-state index contributed by atoms with van der Waals surface area (Å²) in [4.78, 5) is 0. The molecular weight excluding hydrogens is 172 g/mol. The van der Waals surface area contributed by atoms with Gasteiger partial charge < -0.3 is 5.11 Å². The first kappa shape index (κ1) is 9.72. The first-order valence-corrected chi connectivity index (χ1v) is 5.46. The van der Waals surface area contributed by atoms with Crippen LogP contribution in [0.25, 0.3) is 0 Å². The lowest BCUT2D eigenvalue weighted by Gasteiger charge is -2.24. The van der Waals surface area contributed by atoms with Crippen molar-refractivity contribution in [3.05, 3.63) is 35.4 Å². The second-order valence-electron chi connectivity index (χ2n) is 4.48. The molecule has 0 saturated heterocycles. The van der Waals surface area contributed by atoms with E-state index in [9.17, 15) is 5.11 Å². The molecule has 1 aromatic rings. The number of aryl methyl sites for hydroxylation is 1. The molecule has 76 valence electrons. The van der Waals surface area contributed by atoms with E-state index in [-0.39, 0.29) is 0 Å². The molecule has 1 heteroatoms. The van der Waals surface area contributed by atoms with Gasteiger partial charge in [-0.2, -0.15) is 0 Å². The molecule has 14 heavy (non-hydrogen) atoms. The van der Waals surface area contributed by atoms with Crippen molar-refractivity contribution >= 4 is 0 Å². The summed E-state index contributed by atoms with van der Waals surface area (Å²) in [6.45, 7) is 4.09. The summed E-state index contributed by atoms with van der Waals surface area (Å²) < 4.78 is 0. The van der Waals surface area contributed by atoms with Gasteiger partial charge in [0.1, 0.15) is 0 Å². The Balaban J connectivity index is 2.30. The normalized spacial score (nSPS) is 20.5. The summed E-state index contributed by atoms with van der Waals surface area (Å²) in [6, 6.07) is 8.34. The van der Waals surface area contributed by atoms with Crippen LogP contribution >= 0.6 is 0 Å². The zero-order valence-electron chi connectivity index (χ0n) is 8.96.